The van der Waals surface area contributed by atoms with Gasteiger partial charge in [0.15, 0.2) is 11.6 Å². The average molecular weight is 435 g/mol. The Morgan fingerprint density at radius 2 is 2.08 bits per heavy atom. The van der Waals surface area contributed by atoms with Gasteiger partial charge in [-0.1, -0.05) is 6.07 Å². The summed E-state index contributed by atoms with van der Waals surface area (Å²) in [5, 5.41) is 0. The van der Waals surface area contributed by atoms with Crippen LogP contribution in [0.4, 0.5) is 22.0 Å². The van der Waals surface area contributed by atoms with Crippen molar-refractivity contribution in [2.24, 2.45) is 4.99 Å². The lowest BCUT2D eigenvalue weighted by Crippen LogP contribution is -2.33. The number of rotatable bonds is 2. The van der Waals surface area contributed by atoms with Crippen LogP contribution in [0.3, 0.4) is 0 Å². The summed E-state index contributed by atoms with van der Waals surface area (Å²) >= 11 is 3.14. The summed E-state index contributed by atoms with van der Waals surface area (Å²) in [7, 11) is 0. The second-order valence-corrected chi connectivity index (χ2v) is 7.18. The highest BCUT2D eigenvalue weighted by atomic mass is 79.9. The Balaban J connectivity index is 1.80. The zero-order chi connectivity index (χ0) is 18.7. The molecule has 0 fully saturated rings. The molecule has 1 aromatic rings. The molecular formula is C17H12BrF5N2O. The Hall–Kier alpha value is -1.90. The molecule has 0 unspecified atom stereocenters. The first-order valence-corrected chi connectivity index (χ1v) is 8.58. The molecule has 9 heteroatoms. The van der Waals surface area contributed by atoms with Gasteiger partial charge < -0.3 is 9.64 Å². The van der Waals surface area contributed by atoms with Crippen molar-refractivity contribution in [2.45, 2.75) is 24.6 Å². The number of hydrogen-bond acceptors (Lipinski definition) is 3. The van der Waals surface area contributed by atoms with Crippen LogP contribution in [0, 0.1) is 5.82 Å². The third-order valence-electron chi connectivity index (χ3n) is 4.85. The first kappa shape index (κ1) is 17.5. The SMILES string of the molecule is FCOC1=CC(C(F)(F)F)=CN2C[C@@]3(CCc4c3ccc(Br)c4F)N=C12. The van der Waals surface area contributed by atoms with E-state index in [1.54, 1.807) is 12.1 Å². The topological polar surface area (TPSA) is 24.8 Å². The Morgan fingerprint density at radius 1 is 1.31 bits per heavy atom. The maximum Gasteiger partial charge on any atom is 0.417 e. The molecule has 1 aromatic carbocycles. The number of amidine groups is 1. The molecule has 26 heavy (non-hydrogen) atoms. The minimum Gasteiger partial charge on any atom is -0.459 e. The number of alkyl halides is 4. The fourth-order valence-corrected chi connectivity index (χ4v) is 4.08. The monoisotopic (exact) mass is 434 g/mol. The van der Waals surface area contributed by atoms with Gasteiger partial charge in [0, 0.05) is 6.20 Å². The van der Waals surface area contributed by atoms with Crippen molar-refractivity contribution in [1.29, 1.82) is 0 Å². The lowest BCUT2D eigenvalue weighted by molar-refractivity contribution is -0.0896. The molecule has 4 rings (SSSR count). The number of aliphatic imine (C=N–C) groups is 1. The van der Waals surface area contributed by atoms with E-state index in [-0.39, 0.29) is 24.0 Å². The molecule has 0 N–H and O–H groups in total. The Morgan fingerprint density at radius 3 is 2.77 bits per heavy atom. The lowest BCUT2D eigenvalue weighted by Gasteiger charge is -2.26. The summed E-state index contributed by atoms with van der Waals surface area (Å²) in [5.41, 5.74) is -0.679. The maximum absolute atomic E-state index is 14.4. The van der Waals surface area contributed by atoms with Crippen molar-refractivity contribution in [2.75, 3.05) is 13.4 Å². The lowest BCUT2D eigenvalue weighted by atomic mass is 9.93. The van der Waals surface area contributed by atoms with Crippen molar-refractivity contribution >= 4 is 21.8 Å². The van der Waals surface area contributed by atoms with Crippen molar-refractivity contribution in [3.63, 3.8) is 0 Å². The number of ether oxygens (including phenoxy) is 1. The zero-order valence-electron chi connectivity index (χ0n) is 13.2. The molecule has 2 heterocycles. The molecule has 0 radical (unpaired) electrons. The van der Waals surface area contributed by atoms with Gasteiger partial charge in [-0.25, -0.2) is 8.78 Å². The number of allylic oxidation sites excluding steroid dienone is 2. The van der Waals surface area contributed by atoms with Crippen LogP contribution in [0.1, 0.15) is 17.5 Å². The number of nitrogens with zero attached hydrogens (tertiary/aromatic N) is 2. The van der Waals surface area contributed by atoms with E-state index in [1.807, 2.05) is 0 Å². The highest BCUT2D eigenvalue weighted by Crippen LogP contribution is 2.47. The van der Waals surface area contributed by atoms with Crippen LogP contribution in [-0.4, -0.2) is 30.3 Å². The predicted octanol–water partition coefficient (Wildman–Crippen LogP) is 4.73. The smallest absolute Gasteiger partial charge is 0.417 e. The van der Waals surface area contributed by atoms with Gasteiger partial charge >= 0.3 is 6.18 Å². The highest BCUT2D eigenvalue weighted by Gasteiger charge is 2.49. The van der Waals surface area contributed by atoms with Crippen LogP contribution in [0.25, 0.3) is 0 Å². The van der Waals surface area contributed by atoms with Gasteiger partial charge in [0.1, 0.15) is 11.4 Å². The largest absolute Gasteiger partial charge is 0.459 e. The normalized spacial score (nSPS) is 24.2. The fourth-order valence-electron chi connectivity index (χ4n) is 3.71. The van der Waals surface area contributed by atoms with Gasteiger partial charge in [-0.05, 0) is 52.0 Å². The summed E-state index contributed by atoms with van der Waals surface area (Å²) in [6.07, 6.45) is -2.05. The van der Waals surface area contributed by atoms with Crippen molar-refractivity contribution in [1.82, 2.24) is 4.90 Å². The van der Waals surface area contributed by atoms with Crippen LogP contribution in [-0.2, 0) is 16.7 Å². The summed E-state index contributed by atoms with van der Waals surface area (Å²) in [6, 6.07) is 3.29. The minimum absolute atomic E-state index is 0.114. The van der Waals surface area contributed by atoms with E-state index in [9.17, 15) is 22.0 Å². The molecular weight excluding hydrogens is 423 g/mol. The van der Waals surface area contributed by atoms with Gasteiger partial charge in [0.25, 0.3) is 0 Å². The summed E-state index contributed by atoms with van der Waals surface area (Å²) < 4.78 is 71.5. The van der Waals surface area contributed by atoms with Gasteiger partial charge in [-0.3, -0.25) is 4.99 Å². The molecule has 138 valence electrons. The third kappa shape index (κ3) is 2.55. The van der Waals surface area contributed by atoms with Crippen LogP contribution in [0.15, 0.2) is 45.2 Å². The second-order valence-electron chi connectivity index (χ2n) is 6.33. The van der Waals surface area contributed by atoms with E-state index in [2.05, 4.69) is 20.9 Å². The molecule has 0 bridgehead atoms. The first-order chi connectivity index (χ1) is 12.2. The number of halogens is 6. The third-order valence-corrected chi connectivity index (χ3v) is 5.46. The van der Waals surface area contributed by atoms with Gasteiger partial charge in [-0.2, -0.15) is 13.2 Å². The molecule has 0 saturated heterocycles. The Bertz CT molecular complexity index is 877. The molecule has 0 aromatic heterocycles. The number of fused-ring (bicyclic) bond motifs is 3. The fraction of sp³-hybridized carbons (Fsp3) is 0.353. The van der Waals surface area contributed by atoms with Crippen molar-refractivity contribution in [3.8, 4) is 0 Å². The van der Waals surface area contributed by atoms with Crippen LogP contribution >= 0.6 is 15.9 Å². The quantitative estimate of drug-likeness (QED) is 0.628. The highest BCUT2D eigenvalue weighted by molar-refractivity contribution is 9.10. The maximum atomic E-state index is 14.4. The molecule has 1 atom stereocenters. The van der Waals surface area contributed by atoms with Crippen LogP contribution in [0.2, 0.25) is 0 Å². The van der Waals surface area contributed by atoms with Gasteiger partial charge in [0.05, 0.1) is 16.6 Å². The van der Waals surface area contributed by atoms with E-state index in [1.165, 1.54) is 4.90 Å². The van der Waals surface area contributed by atoms with Crippen LogP contribution in [0.5, 0.6) is 0 Å². The van der Waals surface area contributed by atoms with E-state index in [0.717, 1.165) is 12.3 Å². The van der Waals surface area contributed by atoms with E-state index in [0.29, 0.717) is 28.4 Å². The number of benzene rings is 1. The summed E-state index contributed by atoms with van der Waals surface area (Å²) in [6.45, 7) is -1.15. The van der Waals surface area contributed by atoms with E-state index >= 15 is 0 Å². The Labute approximate surface area is 154 Å². The van der Waals surface area contributed by atoms with Crippen molar-refractivity contribution < 1.29 is 26.7 Å². The first-order valence-electron chi connectivity index (χ1n) is 7.79. The molecule has 1 spiro atoms. The standard InChI is InChI=1S/C17H12BrF5N2O/c18-12-2-1-11-10(14(12)20)3-4-16(11)7-25-6-9(17(21,22)23)5-13(26-8-19)15(25)24-16/h1-2,5-6H,3-4,7-8H2/t16-/m1/s1. The summed E-state index contributed by atoms with van der Waals surface area (Å²) in [4.78, 5) is 5.87. The zero-order valence-corrected chi connectivity index (χ0v) is 14.8. The molecule has 3 aliphatic rings. The minimum atomic E-state index is -4.60. The molecule has 0 amide bonds. The molecule has 2 aliphatic heterocycles. The van der Waals surface area contributed by atoms with Gasteiger partial charge in [0.2, 0.25) is 6.86 Å². The predicted molar refractivity (Wildman–Crippen MR) is 87.5 cm³/mol. The summed E-state index contributed by atoms with van der Waals surface area (Å²) in [5.74, 6) is -0.524. The molecule has 3 nitrogen and oxygen atoms in total. The number of hydrogen-bond donors (Lipinski definition) is 0. The Kier molecular flexibility index (Phi) is 3.91. The van der Waals surface area contributed by atoms with E-state index in [4.69, 9.17) is 4.74 Å². The van der Waals surface area contributed by atoms with Crippen LogP contribution < -0.4 is 0 Å². The molecule has 1 aliphatic carbocycles. The van der Waals surface area contributed by atoms with Gasteiger partial charge in [-0.15, -0.1) is 0 Å². The average Bonchev–Trinajstić information content (AvgIpc) is 3.12. The second kappa shape index (κ2) is 5.80. The van der Waals surface area contributed by atoms with E-state index < -0.39 is 24.1 Å². The molecule has 0 saturated carbocycles. The van der Waals surface area contributed by atoms with Crippen molar-refractivity contribution in [3.05, 3.63) is 57.2 Å².